The van der Waals surface area contributed by atoms with Crippen molar-refractivity contribution in [1.29, 1.82) is 0 Å². The third-order valence-corrected chi connectivity index (χ3v) is 4.48. The maximum atomic E-state index is 12.8. The highest BCUT2D eigenvalue weighted by molar-refractivity contribution is 5.96. The molecule has 2 N–H and O–H groups in total. The summed E-state index contributed by atoms with van der Waals surface area (Å²) in [5.74, 6) is -0.510. The second-order valence-corrected chi connectivity index (χ2v) is 6.31. The van der Waals surface area contributed by atoms with Crippen molar-refractivity contribution >= 4 is 17.5 Å². The van der Waals surface area contributed by atoms with E-state index in [1.807, 2.05) is 24.3 Å². The third kappa shape index (κ3) is 4.66. The average molecular weight is 340 g/mol. The van der Waals surface area contributed by atoms with E-state index in [4.69, 9.17) is 0 Å². The number of fused-ring (bicyclic) bond motifs is 1. The molecule has 0 bridgehead atoms. The zero-order chi connectivity index (χ0) is 17.6. The highest BCUT2D eigenvalue weighted by atomic mass is 19.1. The van der Waals surface area contributed by atoms with Crippen LogP contribution in [-0.4, -0.2) is 18.4 Å². The largest absolute Gasteiger partial charge is 0.356 e. The molecule has 0 unspecified atom stereocenters. The fourth-order valence-electron chi connectivity index (χ4n) is 3.04. The van der Waals surface area contributed by atoms with Gasteiger partial charge < -0.3 is 10.6 Å². The maximum absolute atomic E-state index is 12.8. The number of para-hydroxylation sites is 1. The summed E-state index contributed by atoms with van der Waals surface area (Å²) in [5.41, 5.74) is 2.96. The zero-order valence-electron chi connectivity index (χ0n) is 13.9. The molecular formula is C20H21FN2O2. The quantitative estimate of drug-likeness (QED) is 0.849. The Bertz CT molecular complexity index is 759. The van der Waals surface area contributed by atoms with Gasteiger partial charge in [0.25, 0.3) is 0 Å². The lowest BCUT2D eigenvalue weighted by Gasteiger charge is -2.24. The van der Waals surface area contributed by atoms with Gasteiger partial charge in [-0.05, 0) is 48.6 Å². The molecule has 4 nitrogen and oxygen atoms in total. The highest BCUT2D eigenvalue weighted by Crippen LogP contribution is 2.27. The van der Waals surface area contributed by atoms with Crippen LogP contribution in [-0.2, 0) is 22.4 Å². The van der Waals surface area contributed by atoms with Crippen LogP contribution in [0.4, 0.5) is 10.1 Å². The van der Waals surface area contributed by atoms with E-state index in [-0.39, 0.29) is 23.5 Å². The fourth-order valence-corrected chi connectivity index (χ4v) is 3.04. The van der Waals surface area contributed by atoms with Gasteiger partial charge in [0.1, 0.15) is 5.82 Å². The number of carbonyl (C=O) groups is 2. The molecule has 0 aliphatic carbocycles. The first-order chi connectivity index (χ1) is 12.1. The van der Waals surface area contributed by atoms with E-state index in [1.54, 1.807) is 12.1 Å². The molecule has 3 rings (SSSR count). The summed E-state index contributed by atoms with van der Waals surface area (Å²) in [6.45, 7) is 0.504. The van der Waals surface area contributed by atoms with Crippen LogP contribution in [0.1, 0.15) is 24.0 Å². The number of anilines is 1. The summed E-state index contributed by atoms with van der Waals surface area (Å²) < 4.78 is 12.8. The minimum absolute atomic E-state index is 0.0159. The summed E-state index contributed by atoms with van der Waals surface area (Å²) in [5, 5.41) is 5.76. The molecule has 1 aliphatic heterocycles. The molecule has 0 aromatic heterocycles. The van der Waals surface area contributed by atoms with E-state index in [9.17, 15) is 14.0 Å². The van der Waals surface area contributed by atoms with Crippen LogP contribution in [0.3, 0.4) is 0 Å². The van der Waals surface area contributed by atoms with Crippen molar-refractivity contribution in [2.75, 3.05) is 11.9 Å². The minimum Gasteiger partial charge on any atom is -0.356 e. The van der Waals surface area contributed by atoms with E-state index < -0.39 is 0 Å². The molecule has 25 heavy (non-hydrogen) atoms. The SMILES string of the molecule is O=C(CC[C@H]1Cc2ccccc2NC1=O)NCCc1ccc(F)cc1. The minimum atomic E-state index is -0.264. The molecule has 0 saturated heterocycles. The van der Waals surface area contributed by atoms with Crippen LogP contribution in [0.2, 0.25) is 0 Å². The molecule has 1 heterocycles. The number of nitrogens with one attached hydrogen (secondary N) is 2. The lowest BCUT2D eigenvalue weighted by Crippen LogP contribution is -2.32. The van der Waals surface area contributed by atoms with Crippen LogP contribution in [0.5, 0.6) is 0 Å². The number of rotatable bonds is 6. The smallest absolute Gasteiger partial charge is 0.227 e. The summed E-state index contributed by atoms with van der Waals surface area (Å²) >= 11 is 0. The van der Waals surface area contributed by atoms with E-state index in [0.29, 0.717) is 32.2 Å². The maximum Gasteiger partial charge on any atom is 0.227 e. The lowest BCUT2D eigenvalue weighted by atomic mass is 9.89. The third-order valence-electron chi connectivity index (χ3n) is 4.48. The molecule has 2 amide bonds. The molecular weight excluding hydrogens is 319 g/mol. The Hall–Kier alpha value is -2.69. The van der Waals surface area contributed by atoms with Gasteiger partial charge in [0.15, 0.2) is 0 Å². The molecule has 0 radical (unpaired) electrons. The number of benzene rings is 2. The molecule has 0 saturated carbocycles. The van der Waals surface area contributed by atoms with Gasteiger partial charge >= 0.3 is 0 Å². The number of halogens is 1. The Kier molecular flexibility index (Phi) is 5.43. The van der Waals surface area contributed by atoms with Crippen molar-refractivity contribution in [3.8, 4) is 0 Å². The number of hydrogen-bond acceptors (Lipinski definition) is 2. The summed E-state index contributed by atoms with van der Waals surface area (Å²) in [7, 11) is 0. The van der Waals surface area contributed by atoms with Gasteiger partial charge in [-0.15, -0.1) is 0 Å². The second kappa shape index (κ2) is 7.92. The van der Waals surface area contributed by atoms with Gasteiger partial charge in [-0.2, -0.15) is 0 Å². The van der Waals surface area contributed by atoms with Crippen molar-refractivity contribution < 1.29 is 14.0 Å². The first-order valence-corrected chi connectivity index (χ1v) is 8.52. The Morgan fingerprint density at radius 3 is 2.72 bits per heavy atom. The van der Waals surface area contributed by atoms with Crippen LogP contribution in [0.25, 0.3) is 0 Å². The Morgan fingerprint density at radius 2 is 1.92 bits per heavy atom. The van der Waals surface area contributed by atoms with Crippen LogP contribution < -0.4 is 10.6 Å². The van der Waals surface area contributed by atoms with Crippen molar-refractivity contribution in [2.45, 2.75) is 25.7 Å². The van der Waals surface area contributed by atoms with Gasteiger partial charge in [0.05, 0.1) is 0 Å². The molecule has 2 aromatic rings. The summed E-state index contributed by atoms with van der Waals surface area (Å²) in [4.78, 5) is 24.1. The van der Waals surface area contributed by atoms with Gasteiger partial charge in [-0.3, -0.25) is 9.59 Å². The predicted molar refractivity (Wildman–Crippen MR) is 94.6 cm³/mol. The molecule has 1 aliphatic rings. The topological polar surface area (TPSA) is 58.2 Å². The van der Waals surface area contributed by atoms with Gasteiger partial charge in [0.2, 0.25) is 11.8 Å². The number of amides is 2. The van der Waals surface area contributed by atoms with Crippen LogP contribution >= 0.6 is 0 Å². The van der Waals surface area contributed by atoms with E-state index >= 15 is 0 Å². The highest BCUT2D eigenvalue weighted by Gasteiger charge is 2.26. The number of hydrogen-bond donors (Lipinski definition) is 2. The number of carbonyl (C=O) groups excluding carboxylic acids is 2. The van der Waals surface area contributed by atoms with Gasteiger partial charge in [-0.25, -0.2) is 4.39 Å². The van der Waals surface area contributed by atoms with Crippen molar-refractivity contribution in [3.63, 3.8) is 0 Å². The first kappa shape index (κ1) is 17.1. The molecule has 1 atom stereocenters. The standard InChI is InChI=1S/C20H21FN2O2/c21-17-8-5-14(6-9-17)11-12-22-19(24)10-7-16-13-15-3-1-2-4-18(15)23-20(16)25/h1-6,8-9,16H,7,10-13H2,(H,22,24)(H,23,25)/t16-/m0/s1. The van der Waals surface area contributed by atoms with Crippen LogP contribution in [0.15, 0.2) is 48.5 Å². The van der Waals surface area contributed by atoms with Crippen molar-refractivity contribution in [3.05, 3.63) is 65.5 Å². The van der Waals surface area contributed by atoms with E-state index in [0.717, 1.165) is 16.8 Å². The van der Waals surface area contributed by atoms with Crippen molar-refractivity contribution in [2.24, 2.45) is 5.92 Å². The monoisotopic (exact) mass is 340 g/mol. The average Bonchev–Trinajstić information content (AvgIpc) is 2.61. The normalized spacial score (nSPS) is 16.0. The molecule has 130 valence electrons. The molecule has 0 fully saturated rings. The summed E-state index contributed by atoms with van der Waals surface area (Å²) in [6, 6.07) is 14.0. The lowest BCUT2D eigenvalue weighted by molar-refractivity contribution is -0.122. The van der Waals surface area contributed by atoms with E-state index in [1.165, 1.54) is 12.1 Å². The van der Waals surface area contributed by atoms with Gasteiger partial charge in [0, 0.05) is 24.6 Å². The van der Waals surface area contributed by atoms with Crippen LogP contribution in [0, 0.1) is 11.7 Å². The second-order valence-electron chi connectivity index (χ2n) is 6.31. The Morgan fingerprint density at radius 1 is 1.16 bits per heavy atom. The fraction of sp³-hybridized carbons (Fsp3) is 0.300. The summed E-state index contributed by atoms with van der Waals surface area (Å²) in [6.07, 6.45) is 2.18. The molecule has 0 spiro atoms. The van der Waals surface area contributed by atoms with Gasteiger partial charge in [-0.1, -0.05) is 30.3 Å². The first-order valence-electron chi connectivity index (χ1n) is 8.52. The van der Waals surface area contributed by atoms with Crippen molar-refractivity contribution in [1.82, 2.24) is 5.32 Å². The Labute approximate surface area is 146 Å². The predicted octanol–water partition coefficient (Wildman–Crippen LogP) is 3.08. The van der Waals surface area contributed by atoms with E-state index in [2.05, 4.69) is 10.6 Å². The zero-order valence-corrected chi connectivity index (χ0v) is 13.9. The molecule has 5 heteroatoms. The molecule has 2 aromatic carbocycles. The Balaban J connectivity index is 1.42.